The molecule has 2 heterocycles. The minimum atomic E-state index is -0.460. The fraction of sp³-hybridized carbons (Fsp3) is 0.421. The summed E-state index contributed by atoms with van der Waals surface area (Å²) in [6.45, 7) is 3.58. The van der Waals surface area contributed by atoms with E-state index in [1.807, 2.05) is 30.0 Å². The van der Waals surface area contributed by atoms with E-state index in [0.29, 0.717) is 49.8 Å². The van der Waals surface area contributed by atoms with E-state index >= 15 is 0 Å². The predicted molar refractivity (Wildman–Crippen MR) is 101 cm³/mol. The maximum atomic E-state index is 14.2. The molecule has 7 nitrogen and oxygen atoms in total. The lowest BCUT2D eigenvalue weighted by Crippen LogP contribution is -2.37. The number of rotatable bonds is 6. The van der Waals surface area contributed by atoms with Gasteiger partial charge in [-0.1, -0.05) is 12.1 Å². The maximum absolute atomic E-state index is 14.2. The first-order valence-electron chi connectivity index (χ1n) is 8.93. The van der Waals surface area contributed by atoms with Crippen LogP contribution in [0.4, 0.5) is 10.2 Å². The van der Waals surface area contributed by atoms with Gasteiger partial charge in [0.25, 0.3) is 5.91 Å². The molecule has 8 heteroatoms. The second-order valence-electron chi connectivity index (χ2n) is 6.60. The zero-order valence-electron chi connectivity index (χ0n) is 15.6. The van der Waals surface area contributed by atoms with Gasteiger partial charge in [0.2, 0.25) is 0 Å². The summed E-state index contributed by atoms with van der Waals surface area (Å²) >= 11 is 0. The van der Waals surface area contributed by atoms with Gasteiger partial charge in [0.05, 0.1) is 19.4 Å². The summed E-state index contributed by atoms with van der Waals surface area (Å²) in [7, 11) is 3.90. The Hall–Kier alpha value is -2.58. The Labute approximate surface area is 158 Å². The summed E-state index contributed by atoms with van der Waals surface area (Å²) in [6, 6.07) is 7.05. The minimum absolute atomic E-state index is 0.158. The summed E-state index contributed by atoms with van der Waals surface area (Å²) < 4.78 is 19.5. The summed E-state index contributed by atoms with van der Waals surface area (Å²) in [5, 5.41) is 2.88. The molecule has 0 radical (unpaired) electrons. The van der Waals surface area contributed by atoms with Crippen molar-refractivity contribution in [3.63, 3.8) is 0 Å². The Morgan fingerprint density at radius 2 is 2.11 bits per heavy atom. The van der Waals surface area contributed by atoms with Gasteiger partial charge >= 0.3 is 0 Å². The molecule has 2 aromatic rings. The Kier molecular flexibility index (Phi) is 6.31. The van der Waals surface area contributed by atoms with Gasteiger partial charge in [-0.2, -0.15) is 0 Å². The van der Waals surface area contributed by atoms with E-state index in [1.54, 1.807) is 18.2 Å². The third kappa shape index (κ3) is 4.99. The molecule has 0 bridgehead atoms. The van der Waals surface area contributed by atoms with Gasteiger partial charge in [-0.3, -0.25) is 4.79 Å². The number of likely N-dealkylation sites (N-methyl/N-ethyl adjacent to an activating group) is 1. The van der Waals surface area contributed by atoms with Gasteiger partial charge in [0.1, 0.15) is 0 Å². The highest BCUT2D eigenvalue weighted by Gasteiger charge is 2.18. The van der Waals surface area contributed by atoms with Gasteiger partial charge in [-0.15, -0.1) is 0 Å². The monoisotopic (exact) mass is 373 g/mol. The normalized spacial score (nSPS) is 14.4. The van der Waals surface area contributed by atoms with Gasteiger partial charge in [-0.25, -0.2) is 14.4 Å². The van der Waals surface area contributed by atoms with E-state index < -0.39 is 5.82 Å². The second kappa shape index (κ2) is 8.88. The van der Waals surface area contributed by atoms with Gasteiger partial charge in [-0.05, 0) is 26.2 Å². The van der Waals surface area contributed by atoms with Gasteiger partial charge in [0, 0.05) is 37.3 Å². The van der Waals surface area contributed by atoms with E-state index in [-0.39, 0.29) is 11.7 Å². The molecule has 1 saturated heterocycles. The first kappa shape index (κ1) is 19.2. The number of nitrogens with zero attached hydrogens (tertiary/aromatic N) is 4. The first-order valence-corrected chi connectivity index (χ1v) is 8.93. The van der Waals surface area contributed by atoms with E-state index in [2.05, 4.69) is 15.3 Å². The third-order valence-electron chi connectivity index (χ3n) is 4.26. The lowest BCUT2D eigenvalue weighted by molar-refractivity contribution is 0.0951. The van der Waals surface area contributed by atoms with Crippen molar-refractivity contribution in [1.82, 2.24) is 20.2 Å². The quantitative estimate of drug-likeness (QED) is 0.826. The van der Waals surface area contributed by atoms with E-state index in [9.17, 15) is 9.18 Å². The van der Waals surface area contributed by atoms with Gasteiger partial charge < -0.3 is 19.9 Å². The predicted octanol–water partition coefficient (Wildman–Crippen LogP) is 1.41. The molecule has 0 atom stereocenters. The van der Waals surface area contributed by atoms with E-state index in [4.69, 9.17) is 4.74 Å². The Morgan fingerprint density at radius 3 is 2.85 bits per heavy atom. The summed E-state index contributed by atoms with van der Waals surface area (Å²) in [5.41, 5.74) is 1.19. The molecule has 0 unspecified atom stereocenters. The number of halogens is 1. The van der Waals surface area contributed by atoms with Crippen LogP contribution < -0.4 is 10.2 Å². The van der Waals surface area contributed by atoms with Crippen molar-refractivity contribution in [3.05, 3.63) is 41.8 Å². The topological polar surface area (TPSA) is 70.6 Å². The Morgan fingerprint density at radius 1 is 1.33 bits per heavy atom. The molecule has 1 aromatic carbocycles. The Bertz CT molecular complexity index is 793. The molecule has 1 aliphatic rings. The number of nitrogens with one attached hydrogen (secondary N) is 1. The number of carbonyl (C=O) groups is 1. The number of morpholine rings is 1. The van der Waals surface area contributed by atoms with Crippen LogP contribution in [0.2, 0.25) is 0 Å². The van der Waals surface area contributed by atoms with E-state index in [1.165, 1.54) is 6.20 Å². The molecule has 3 rings (SSSR count). The highest BCUT2D eigenvalue weighted by molar-refractivity contribution is 5.95. The van der Waals surface area contributed by atoms with Crippen LogP contribution in [-0.2, 0) is 4.74 Å². The third-order valence-corrected chi connectivity index (χ3v) is 4.26. The van der Waals surface area contributed by atoms with Crippen molar-refractivity contribution < 1.29 is 13.9 Å². The molecule has 0 saturated carbocycles. The fourth-order valence-corrected chi connectivity index (χ4v) is 2.79. The molecule has 0 spiro atoms. The molecule has 1 fully saturated rings. The average molecular weight is 373 g/mol. The standard InChI is InChI=1S/C19H24FN5O2/c1-24(2)7-6-21-19(26)15-5-3-4-14(12-15)17-22-13-16(20)18(23-17)25-8-10-27-11-9-25/h3-5,12-13H,6-11H2,1-2H3,(H,21,26). The number of ether oxygens (including phenoxy) is 1. The van der Waals surface area contributed by atoms with Gasteiger partial charge in [0.15, 0.2) is 17.5 Å². The van der Waals surface area contributed by atoms with Crippen LogP contribution in [0.3, 0.4) is 0 Å². The average Bonchev–Trinajstić information content (AvgIpc) is 2.69. The van der Waals surface area contributed by atoms with Crippen LogP contribution in [0.1, 0.15) is 10.4 Å². The van der Waals surface area contributed by atoms with Crippen molar-refractivity contribution >= 4 is 11.7 Å². The Balaban J connectivity index is 1.79. The highest BCUT2D eigenvalue weighted by Crippen LogP contribution is 2.22. The van der Waals surface area contributed by atoms with Crippen LogP contribution in [0, 0.1) is 5.82 Å². The van der Waals surface area contributed by atoms with Crippen molar-refractivity contribution in [3.8, 4) is 11.4 Å². The van der Waals surface area contributed by atoms with Crippen LogP contribution in [0.5, 0.6) is 0 Å². The lowest BCUT2D eigenvalue weighted by atomic mass is 10.1. The smallest absolute Gasteiger partial charge is 0.251 e. The molecule has 0 aliphatic carbocycles. The minimum Gasteiger partial charge on any atom is -0.378 e. The maximum Gasteiger partial charge on any atom is 0.251 e. The van der Waals surface area contributed by atoms with Crippen molar-refractivity contribution in [2.75, 3.05) is 58.4 Å². The molecule has 27 heavy (non-hydrogen) atoms. The molecule has 1 aliphatic heterocycles. The summed E-state index contributed by atoms with van der Waals surface area (Å²) in [5.74, 6) is 0.0393. The van der Waals surface area contributed by atoms with Crippen molar-refractivity contribution in [2.45, 2.75) is 0 Å². The first-order chi connectivity index (χ1) is 13.0. The van der Waals surface area contributed by atoms with Crippen LogP contribution in [-0.4, -0.2) is 74.3 Å². The molecule has 1 amide bonds. The van der Waals surface area contributed by atoms with Crippen molar-refractivity contribution in [2.24, 2.45) is 0 Å². The fourth-order valence-electron chi connectivity index (χ4n) is 2.79. The number of hydrogen-bond donors (Lipinski definition) is 1. The molecular weight excluding hydrogens is 349 g/mol. The molecular formula is C19H24FN5O2. The summed E-state index contributed by atoms with van der Waals surface area (Å²) in [4.78, 5) is 24.7. The molecule has 1 N–H and O–H groups in total. The lowest BCUT2D eigenvalue weighted by Gasteiger charge is -2.28. The summed E-state index contributed by atoms with van der Waals surface area (Å²) in [6.07, 6.45) is 1.18. The number of amides is 1. The number of hydrogen-bond acceptors (Lipinski definition) is 6. The second-order valence-corrected chi connectivity index (χ2v) is 6.60. The molecule has 144 valence electrons. The number of aromatic nitrogens is 2. The van der Waals surface area contributed by atoms with Crippen molar-refractivity contribution in [1.29, 1.82) is 0 Å². The number of carbonyl (C=O) groups excluding carboxylic acids is 1. The zero-order valence-corrected chi connectivity index (χ0v) is 15.6. The SMILES string of the molecule is CN(C)CCNC(=O)c1cccc(-c2ncc(F)c(N3CCOCC3)n2)c1. The van der Waals surface area contributed by atoms with Crippen LogP contribution in [0.15, 0.2) is 30.5 Å². The number of anilines is 1. The molecule has 1 aromatic heterocycles. The van der Waals surface area contributed by atoms with Crippen LogP contribution >= 0.6 is 0 Å². The van der Waals surface area contributed by atoms with Crippen LogP contribution in [0.25, 0.3) is 11.4 Å². The highest BCUT2D eigenvalue weighted by atomic mass is 19.1. The number of benzene rings is 1. The zero-order chi connectivity index (χ0) is 19.2. The van der Waals surface area contributed by atoms with E-state index in [0.717, 1.165) is 6.54 Å². The largest absolute Gasteiger partial charge is 0.378 e.